The Morgan fingerprint density at radius 1 is 1.07 bits per heavy atom. The van der Waals surface area contributed by atoms with E-state index < -0.39 is 16.3 Å². The van der Waals surface area contributed by atoms with Crippen molar-refractivity contribution in [3.8, 4) is 0 Å². The van der Waals surface area contributed by atoms with Gasteiger partial charge in [-0.2, -0.15) is 8.42 Å². The van der Waals surface area contributed by atoms with Crippen molar-refractivity contribution in [3.05, 3.63) is 30.3 Å². The number of benzene rings is 1. The van der Waals surface area contributed by atoms with Gasteiger partial charge in [0.15, 0.2) is 0 Å². The first kappa shape index (κ1) is 16.8. The van der Waals surface area contributed by atoms with E-state index in [0.717, 1.165) is 0 Å². The molecule has 1 aromatic rings. The average molecular weight is 244 g/mol. The summed E-state index contributed by atoms with van der Waals surface area (Å²) in [5, 5.41) is 13.9. The van der Waals surface area contributed by atoms with Crippen molar-refractivity contribution in [2.75, 3.05) is 0 Å². The maximum atomic E-state index is 10.4. The van der Waals surface area contributed by atoms with Crippen molar-refractivity contribution < 1.29 is 28.0 Å². The second-order valence-electron chi connectivity index (χ2n) is 2.07. The fourth-order valence-corrected chi connectivity index (χ4v) is 1.09. The van der Waals surface area contributed by atoms with E-state index >= 15 is 0 Å². The Kier molecular flexibility index (Phi) is 8.59. The number of hydrogen-bond acceptors (Lipinski definition) is 3. The molecular weight excluding hydrogens is 235 g/mol. The van der Waals surface area contributed by atoms with Crippen LogP contribution in [0.25, 0.3) is 0 Å². The van der Waals surface area contributed by atoms with Crippen LogP contribution in [0.1, 0.15) is 0 Å². The summed E-state index contributed by atoms with van der Waals surface area (Å²) in [7, 11) is -4.00. The molecule has 0 aliphatic carbocycles. The van der Waals surface area contributed by atoms with Crippen LogP contribution < -0.4 is 0 Å². The molecule has 0 heterocycles. The fourth-order valence-electron chi connectivity index (χ4n) is 0.592. The molecule has 0 aliphatic heterocycles. The summed E-state index contributed by atoms with van der Waals surface area (Å²) in [6.45, 7) is 0. The minimum atomic E-state index is -4.00. The van der Waals surface area contributed by atoms with Gasteiger partial charge in [-0.3, -0.25) is 4.55 Å². The van der Waals surface area contributed by atoms with Crippen LogP contribution in [-0.4, -0.2) is 58.9 Å². The van der Waals surface area contributed by atoms with E-state index in [9.17, 15) is 8.42 Å². The van der Waals surface area contributed by atoms with Gasteiger partial charge in [0.05, 0.1) is 4.90 Å². The van der Waals surface area contributed by atoms with Crippen molar-refractivity contribution >= 4 is 45.8 Å². The molecule has 0 atom stereocenters. The van der Waals surface area contributed by atoms with Gasteiger partial charge >= 0.3 is 35.7 Å². The second kappa shape index (κ2) is 7.66. The fraction of sp³-hybridized carbons (Fsp3) is 0. The van der Waals surface area contributed by atoms with Crippen molar-refractivity contribution in [2.24, 2.45) is 0 Å². The van der Waals surface area contributed by atoms with Crippen LogP contribution in [0.4, 0.5) is 4.79 Å². The van der Waals surface area contributed by atoms with Crippen molar-refractivity contribution in [3.63, 3.8) is 0 Å². The molecule has 0 amide bonds. The van der Waals surface area contributed by atoms with Crippen LogP contribution >= 0.6 is 0 Å². The zero-order valence-corrected chi connectivity index (χ0v) is 7.68. The molecule has 0 saturated heterocycles. The van der Waals surface area contributed by atoms with E-state index in [1.165, 1.54) is 12.1 Å². The summed E-state index contributed by atoms with van der Waals surface area (Å²) in [6.07, 6.45) is -1.83. The van der Waals surface area contributed by atoms with Crippen LogP contribution in [0.3, 0.4) is 0 Å². The zero-order chi connectivity index (χ0) is 11.2. The van der Waals surface area contributed by atoms with E-state index in [0.29, 0.717) is 0 Å². The van der Waals surface area contributed by atoms with E-state index in [2.05, 4.69) is 0 Å². The Labute approximate surface area is 109 Å². The second-order valence-corrected chi connectivity index (χ2v) is 3.49. The van der Waals surface area contributed by atoms with Crippen molar-refractivity contribution in [1.29, 1.82) is 0 Å². The van der Waals surface area contributed by atoms with Gasteiger partial charge in [0.2, 0.25) is 0 Å². The summed E-state index contributed by atoms with van der Waals surface area (Å²) >= 11 is 0. The summed E-state index contributed by atoms with van der Waals surface area (Å²) in [5.74, 6) is 0. The number of carbonyl (C=O) groups is 1. The molecule has 0 aliphatic rings. The summed E-state index contributed by atoms with van der Waals surface area (Å²) in [6, 6.07) is 7.42. The van der Waals surface area contributed by atoms with E-state index in [1.54, 1.807) is 18.2 Å². The molecule has 1 rings (SSSR count). The molecule has 8 heteroatoms. The predicted octanol–water partition coefficient (Wildman–Crippen LogP) is 0.507. The normalized spacial score (nSPS) is 9.13. The Bertz CT molecular complexity index is 383. The summed E-state index contributed by atoms with van der Waals surface area (Å²) in [5.41, 5.74) is 0. The van der Waals surface area contributed by atoms with Crippen LogP contribution in [0, 0.1) is 0 Å². The third kappa shape index (κ3) is 9.70. The van der Waals surface area contributed by atoms with Crippen LogP contribution in [-0.2, 0) is 10.1 Å². The summed E-state index contributed by atoms with van der Waals surface area (Å²) < 4.78 is 29.2. The van der Waals surface area contributed by atoms with Crippen LogP contribution in [0.15, 0.2) is 35.2 Å². The molecule has 0 saturated carbocycles. The number of carboxylic acid groups (broad SMARTS) is 2. The van der Waals surface area contributed by atoms with E-state index in [-0.39, 0.29) is 34.5 Å². The zero-order valence-electron chi connectivity index (χ0n) is 6.86. The van der Waals surface area contributed by atoms with Crippen molar-refractivity contribution in [1.82, 2.24) is 0 Å². The first-order valence-electron chi connectivity index (χ1n) is 3.28. The molecule has 80 valence electrons. The third-order valence-corrected chi connectivity index (χ3v) is 1.91. The van der Waals surface area contributed by atoms with Crippen LogP contribution in [0.2, 0.25) is 0 Å². The average Bonchev–Trinajstić information content (AvgIpc) is 2.03. The van der Waals surface area contributed by atoms with Crippen molar-refractivity contribution in [2.45, 2.75) is 4.90 Å². The molecule has 0 bridgehead atoms. The predicted molar refractivity (Wildman–Crippen MR) is 54.1 cm³/mol. The first-order chi connectivity index (χ1) is 6.34. The quantitative estimate of drug-likeness (QED) is 0.490. The number of rotatable bonds is 1. The SMILES string of the molecule is O=C(O)O.O=S(=O)(O)c1ccccc1.[NaH]. The molecular formula is C7H9NaO6S. The molecule has 3 N–H and O–H groups in total. The Morgan fingerprint density at radius 3 is 1.60 bits per heavy atom. The molecule has 0 fully saturated rings. The van der Waals surface area contributed by atoms with Gasteiger partial charge in [0.25, 0.3) is 10.1 Å². The first-order valence-corrected chi connectivity index (χ1v) is 4.72. The molecule has 0 aromatic heterocycles. The molecule has 0 radical (unpaired) electrons. The maximum absolute atomic E-state index is 10.4. The van der Waals surface area contributed by atoms with Gasteiger partial charge in [0.1, 0.15) is 0 Å². The van der Waals surface area contributed by atoms with Gasteiger partial charge in [-0.25, -0.2) is 4.79 Å². The third-order valence-electron chi connectivity index (χ3n) is 1.04. The Balaban J connectivity index is 0. The van der Waals surface area contributed by atoms with Gasteiger partial charge < -0.3 is 10.2 Å². The molecule has 6 nitrogen and oxygen atoms in total. The Morgan fingerprint density at radius 2 is 1.40 bits per heavy atom. The molecule has 1 aromatic carbocycles. The Hall–Kier alpha value is -0.600. The molecule has 0 spiro atoms. The van der Waals surface area contributed by atoms with Gasteiger partial charge in [0, 0.05) is 0 Å². The monoisotopic (exact) mass is 244 g/mol. The van der Waals surface area contributed by atoms with Gasteiger partial charge in [-0.15, -0.1) is 0 Å². The standard InChI is InChI=1S/C6H6O3S.CH2O3.Na.H/c7-10(8,9)6-4-2-1-3-5-6;2-1(3)4;;/h1-5H,(H,7,8,9);(H2,2,3,4);;. The van der Waals surface area contributed by atoms with E-state index in [1.807, 2.05) is 0 Å². The molecule has 0 unspecified atom stereocenters. The minimum absolute atomic E-state index is 0. The molecule has 15 heavy (non-hydrogen) atoms. The van der Waals surface area contributed by atoms with Gasteiger partial charge in [-0.05, 0) is 12.1 Å². The van der Waals surface area contributed by atoms with Crippen LogP contribution in [0.5, 0.6) is 0 Å². The topological polar surface area (TPSA) is 112 Å². The summed E-state index contributed by atoms with van der Waals surface area (Å²) in [4.78, 5) is 8.48. The van der Waals surface area contributed by atoms with Gasteiger partial charge in [-0.1, -0.05) is 18.2 Å². The van der Waals surface area contributed by atoms with E-state index in [4.69, 9.17) is 19.6 Å². The number of hydrogen-bond donors (Lipinski definition) is 3.